The number of fused-ring (bicyclic) bond motifs is 1. The van der Waals surface area contributed by atoms with Crippen LogP contribution in [0.2, 0.25) is 0 Å². The number of rotatable bonds is 8. The highest BCUT2D eigenvalue weighted by atomic mass is 127. The molecule has 3 aliphatic heterocycles. The lowest BCUT2D eigenvalue weighted by molar-refractivity contribution is -0.0502. The van der Waals surface area contributed by atoms with Crippen molar-refractivity contribution in [1.82, 2.24) is 15.1 Å². The Morgan fingerprint density at radius 2 is 1.97 bits per heavy atom. The van der Waals surface area contributed by atoms with E-state index < -0.39 is 0 Å². The monoisotopic (exact) mass is 558 g/mol. The molecule has 0 spiro atoms. The van der Waals surface area contributed by atoms with Crippen LogP contribution >= 0.6 is 24.0 Å². The van der Waals surface area contributed by atoms with Gasteiger partial charge < -0.3 is 24.4 Å². The molecule has 1 aromatic rings. The molecule has 3 saturated heterocycles. The summed E-state index contributed by atoms with van der Waals surface area (Å²) >= 11 is 0. The lowest BCUT2D eigenvalue weighted by Gasteiger charge is -2.36. The Kier molecular flexibility index (Phi) is 11.0. The third kappa shape index (κ3) is 7.28. The summed E-state index contributed by atoms with van der Waals surface area (Å²) in [7, 11) is 0. The number of ether oxygens (including phenoxy) is 3. The molecule has 4 rings (SSSR count). The standard InChI is InChI=1S/C24H38N4O3.HI/c1-2-25-24(26-11-6-13-30-21-9-14-29-15-10-21)28-18-22-23(19-28)31-16-12-27(22)17-20-7-4-3-5-8-20;/h3-5,7-8,21-23H,2,6,9-19H2,1H3,(H,25,26);1H. The summed E-state index contributed by atoms with van der Waals surface area (Å²) in [6, 6.07) is 11.2. The maximum absolute atomic E-state index is 6.14. The number of aliphatic imine (C=N–C) groups is 1. The highest BCUT2D eigenvalue weighted by molar-refractivity contribution is 14.0. The summed E-state index contributed by atoms with van der Waals surface area (Å²) in [5.41, 5.74) is 1.37. The van der Waals surface area contributed by atoms with Gasteiger partial charge in [-0.1, -0.05) is 30.3 Å². The van der Waals surface area contributed by atoms with Crippen LogP contribution in [0.15, 0.2) is 35.3 Å². The Bertz CT molecular complexity index is 687. The normalized spacial score (nSPS) is 24.8. The first-order chi connectivity index (χ1) is 15.3. The van der Waals surface area contributed by atoms with Crippen LogP contribution in [0.1, 0.15) is 31.7 Å². The summed E-state index contributed by atoms with van der Waals surface area (Å²) in [5.74, 6) is 1.01. The molecule has 1 N–H and O–H groups in total. The van der Waals surface area contributed by atoms with Crippen molar-refractivity contribution in [3.63, 3.8) is 0 Å². The van der Waals surface area contributed by atoms with Gasteiger partial charge in [-0.15, -0.1) is 24.0 Å². The minimum atomic E-state index is 0. The molecule has 0 saturated carbocycles. The third-order valence-electron chi connectivity index (χ3n) is 6.37. The summed E-state index contributed by atoms with van der Waals surface area (Å²) in [6.07, 6.45) is 3.59. The average molecular weight is 559 g/mol. The summed E-state index contributed by atoms with van der Waals surface area (Å²) in [5, 5.41) is 3.48. The molecular weight excluding hydrogens is 519 g/mol. The minimum Gasteiger partial charge on any atom is -0.381 e. The van der Waals surface area contributed by atoms with Crippen molar-refractivity contribution in [2.75, 3.05) is 59.2 Å². The molecule has 8 heteroatoms. The number of likely N-dealkylation sites (tertiary alicyclic amines) is 1. The van der Waals surface area contributed by atoms with E-state index in [-0.39, 0.29) is 30.1 Å². The Morgan fingerprint density at radius 1 is 1.16 bits per heavy atom. The average Bonchev–Trinajstić information content (AvgIpc) is 3.25. The highest BCUT2D eigenvalue weighted by Gasteiger charge is 2.41. The van der Waals surface area contributed by atoms with Gasteiger partial charge in [-0.2, -0.15) is 0 Å². The molecule has 0 aromatic heterocycles. The van der Waals surface area contributed by atoms with Crippen LogP contribution in [0.4, 0.5) is 0 Å². The SMILES string of the molecule is CCNC(=NCCCOC1CCOCC1)N1CC2OCCN(Cc3ccccc3)C2C1.I. The number of nitrogens with one attached hydrogen (secondary N) is 1. The molecule has 0 amide bonds. The van der Waals surface area contributed by atoms with Gasteiger partial charge in [-0.25, -0.2) is 0 Å². The van der Waals surface area contributed by atoms with Crippen LogP contribution in [-0.2, 0) is 20.8 Å². The molecular formula is C24H39IN4O3. The van der Waals surface area contributed by atoms with Gasteiger partial charge in [-0.05, 0) is 31.7 Å². The van der Waals surface area contributed by atoms with Gasteiger partial charge in [0, 0.05) is 59.1 Å². The van der Waals surface area contributed by atoms with Crippen LogP contribution in [0, 0.1) is 0 Å². The van der Waals surface area contributed by atoms with Crippen LogP contribution < -0.4 is 5.32 Å². The van der Waals surface area contributed by atoms with Crippen LogP contribution in [0.25, 0.3) is 0 Å². The molecule has 2 unspecified atom stereocenters. The molecule has 7 nitrogen and oxygen atoms in total. The smallest absolute Gasteiger partial charge is 0.194 e. The topological polar surface area (TPSA) is 58.6 Å². The van der Waals surface area contributed by atoms with Gasteiger partial charge in [0.15, 0.2) is 5.96 Å². The van der Waals surface area contributed by atoms with Crippen molar-refractivity contribution in [1.29, 1.82) is 0 Å². The first-order valence-corrected chi connectivity index (χ1v) is 12.0. The minimum absolute atomic E-state index is 0. The molecule has 1 aromatic carbocycles. The highest BCUT2D eigenvalue weighted by Crippen LogP contribution is 2.24. The second-order valence-corrected chi connectivity index (χ2v) is 8.61. The molecule has 180 valence electrons. The maximum atomic E-state index is 6.14. The van der Waals surface area contributed by atoms with Gasteiger partial charge in [0.2, 0.25) is 0 Å². The van der Waals surface area contributed by atoms with E-state index in [0.29, 0.717) is 12.1 Å². The number of benzene rings is 1. The Balaban J connectivity index is 0.00000289. The van der Waals surface area contributed by atoms with E-state index in [1.54, 1.807) is 0 Å². The molecule has 0 bridgehead atoms. The number of hydrogen-bond acceptors (Lipinski definition) is 5. The third-order valence-corrected chi connectivity index (χ3v) is 6.37. The molecule has 3 aliphatic rings. The maximum Gasteiger partial charge on any atom is 0.194 e. The quantitative estimate of drug-likeness (QED) is 0.229. The first kappa shape index (κ1) is 25.7. The molecule has 32 heavy (non-hydrogen) atoms. The van der Waals surface area contributed by atoms with Gasteiger partial charge in [0.05, 0.1) is 24.9 Å². The Morgan fingerprint density at radius 3 is 2.75 bits per heavy atom. The van der Waals surface area contributed by atoms with Crippen LogP contribution in [-0.4, -0.2) is 93.2 Å². The summed E-state index contributed by atoms with van der Waals surface area (Å²) < 4.78 is 17.5. The van der Waals surface area contributed by atoms with E-state index in [9.17, 15) is 0 Å². The largest absolute Gasteiger partial charge is 0.381 e. The van der Waals surface area contributed by atoms with Crippen molar-refractivity contribution < 1.29 is 14.2 Å². The predicted octanol–water partition coefficient (Wildman–Crippen LogP) is 2.74. The number of halogens is 1. The van der Waals surface area contributed by atoms with Crippen LogP contribution in [0.3, 0.4) is 0 Å². The number of guanidine groups is 1. The zero-order valence-corrected chi connectivity index (χ0v) is 21.6. The fourth-order valence-electron chi connectivity index (χ4n) is 4.71. The zero-order chi connectivity index (χ0) is 21.3. The van der Waals surface area contributed by atoms with Gasteiger partial charge in [-0.3, -0.25) is 9.89 Å². The van der Waals surface area contributed by atoms with Gasteiger partial charge in [0.25, 0.3) is 0 Å². The summed E-state index contributed by atoms with van der Waals surface area (Å²) in [6.45, 7) is 10.8. The van der Waals surface area contributed by atoms with E-state index in [4.69, 9.17) is 19.2 Å². The molecule has 3 fully saturated rings. The Hall–Kier alpha value is -0.940. The number of hydrogen-bond donors (Lipinski definition) is 1. The van der Waals surface area contributed by atoms with Gasteiger partial charge in [0.1, 0.15) is 0 Å². The fourth-order valence-corrected chi connectivity index (χ4v) is 4.71. The number of nitrogens with zero attached hydrogens (tertiary/aromatic N) is 3. The zero-order valence-electron chi connectivity index (χ0n) is 19.3. The van der Waals surface area contributed by atoms with E-state index >= 15 is 0 Å². The van der Waals surface area contributed by atoms with Crippen LogP contribution in [0.5, 0.6) is 0 Å². The first-order valence-electron chi connectivity index (χ1n) is 12.0. The van der Waals surface area contributed by atoms with E-state index in [2.05, 4.69) is 52.4 Å². The van der Waals surface area contributed by atoms with E-state index in [0.717, 1.165) is 90.9 Å². The second-order valence-electron chi connectivity index (χ2n) is 8.61. The molecule has 0 radical (unpaired) electrons. The van der Waals surface area contributed by atoms with E-state index in [1.807, 2.05) is 0 Å². The second kappa shape index (κ2) is 13.7. The lowest BCUT2D eigenvalue weighted by atomic mass is 10.1. The van der Waals surface area contributed by atoms with Crippen molar-refractivity contribution in [3.05, 3.63) is 35.9 Å². The molecule has 2 atom stereocenters. The van der Waals surface area contributed by atoms with Crippen molar-refractivity contribution >= 4 is 29.9 Å². The number of morpholine rings is 1. The fraction of sp³-hybridized carbons (Fsp3) is 0.708. The summed E-state index contributed by atoms with van der Waals surface area (Å²) in [4.78, 5) is 9.85. The lowest BCUT2D eigenvalue weighted by Crippen LogP contribution is -2.50. The van der Waals surface area contributed by atoms with Crippen molar-refractivity contribution in [2.45, 2.75) is 51.0 Å². The van der Waals surface area contributed by atoms with Gasteiger partial charge >= 0.3 is 0 Å². The van der Waals surface area contributed by atoms with Crippen molar-refractivity contribution in [3.8, 4) is 0 Å². The van der Waals surface area contributed by atoms with E-state index in [1.165, 1.54) is 5.56 Å². The molecule has 3 heterocycles. The molecule has 0 aliphatic carbocycles. The van der Waals surface area contributed by atoms with Crippen molar-refractivity contribution in [2.24, 2.45) is 4.99 Å². The Labute approximate surface area is 209 Å². The predicted molar refractivity (Wildman–Crippen MR) is 138 cm³/mol.